The molecule has 0 saturated carbocycles. The van der Waals surface area contributed by atoms with Gasteiger partial charge in [-0.15, -0.1) is 0 Å². The van der Waals surface area contributed by atoms with Crippen LogP contribution in [0.5, 0.6) is 11.9 Å². The lowest BCUT2D eigenvalue weighted by Crippen LogP contribution is -2.30. The number of amides is 1. The van der Waals surface area contributed by atoms with Crippen molar-refractivity contribution < 1.29 is 14.3 Å². The minimum absolute atomic E-state index is 0.114. The van der Waals surface area contributed by atoms with Crippen LogP contribution >= 0.6 is 23.2 Å². The molecule has 4 aromatic rings. The molecule has 3 heterocycles. The van der Waals surface area contributed by atoms with E-state index >= 15 is 0 Å². The van der Waals surface area contributed by atoms with Crippen LogP contribution in [0.15, 0.2) is 54.7 Å². The summed E-state index contributed by atoms with van der Waals surface area (Å²) in [5, 5.41) is 1.19. The van der Waals surface area contributed by atoms with E-state index in [9.17, 15) is 4.79 Å². The van der Waals surface area contributed by atoms with E-state index < -0.39 is 0 Å². The maximum Gasteiger partial charge on any atom is 0.319 e. The van der Waals surface area contributed by atoms with E-state index in [0.29, 0.717) is 33.6 Å². The van der Waals surface area contributed by atoms with Gasteiger partial charge in [0.25, 0.3) is 5.91 Å². The van der Waals surface area contributed by atoms with Gasteiger partial charge in [0.1, 0.15) is 6.04 Å². The Bertz CT molecular complexity index is 1470. The number of hydrogen-bond acceptors (Lipinski definition) is 5. The molecule has 1 amide bonds. The summed E-state index contributed by atoms with van der Waals surface area (Å²) in [6.45, 7) is 4.62. The molecule has 1 aliphatic heterocycles. The van der Waals surface area contributed by atoms with E-state index in [4.69, 9.17) is 32.7 Å². The quantitative estimate of drug-likeness (QED) is 0.295. The maximum absolute atomic E-state index is 14.0. The number of aromatic nitrogens is 3. The van der Waals surface area contributed by atoms with Crippen molar-refractivity contribution in [2.75, 3.05) is 19.1 Å². The molecule has 184 valence electrons. The Balaban J connectivity index is 1.76. The largest absolute Gasteiger partial charge is 0.480 e. The zero-order valence-corrected chi connectivity index (χ0v) is 21.8. The van der Waals surface area contributed by atoms with Gasteiger partial charge in [-0.1, -0.05) is 41.4 Å². The van der Waals surface area contributed by atoms with Crippen LogP contribution in [-0.4, -0.2) is 34.7 Å². The number of aryl methyl sites for hydroxylation is 1. The second-order valence-electron chi connectivity index (χ2n) is 8.41. The van der Waals surface area contributed by atoms with E-state index in [1.807, 2.05) is 67.3 Å². The highest BCUT2D eigenvalue weighted by Gasteiger charge is 2.43. The Morgan fingerprint density at radius 2 is 1.69 bits per heavy atom. The molecular formula is C27H24Cl2N4O3. The van der Waals surface area contributed by atoms with E-state index in [-0.39, 0.29) is 18.0 Å². The molecule has 0 radical (unpaired) electrons. The third kappa shape index (κ3) is 3.88. The molecule has 2 aromatic heterocycles. The van der Waals surface area contributed by atoms with Crippen LogP contribution in [0.2, 0.25) is 10.0 Å². The fourth-order valence-corrected chi connectivity index (χ4v) is 5.08. The summed E-state index contributed by atoms with van der Waals surface area (Å²) in [6, 6.07) is 14.9. The van der Waals surface area contributed by atoms with Gasteiger partial charge in [-0.25, -0.2) is 4.98 Å². The topological polar surface area (TPSA) is 69.5 Å². The Hall–Kier alpha value is -3.55. The van der Waals surface area contributed by atoms with Crippen LogP contribution in [0.25, 0.3) is 11.3 Å². The molecule has 1 atom stereocenters. The number of fused-ring (bicyclic) bond motifs is 1. The van der Waals surface area contributed by atoms with Crippen molar-refractivity contribution in [3.8, 4) is 23.1 Å². The van der Waals surface area contributed by atoms with Crippen molar-refractivity contribution in [3.63, 3.8) is 0 Å². The van der Waals surface area contributed by atoms with Crippen molar-refractivity contribution in [1.29, 1.82) is 0 Å². The number of methoxy groups -OCH3 is 2. The summed E-state index contributed by atoms with van der Waals surface area (Å²) in [7, 11) is 3.04. The average Bonchev–Trinajstić information content (AvgIpc) is 3.40. The molecule has 5 rings (SSSR count). The van der Waals surface area contributed by atoms with Crippen molar-refractivity contribution >= 4 is 34.8 Å². The zero-order valence-electron chi connectivity index (χ0n) is 20.3. The van der Waals surface area contributed by atoms with Crippen LogP contribution in [0.3, 0.4) is 0 Å². The number of benzene rings is 2. The summed E-state index contributed by atoms with van der Waals surface area (Å²) in [4.78, 5) is 24.5. The molecule has 0 spiro atoms. The maximum atomic E-state index is 14.0. The molecule has 36 heavy (non-hydrogen) atoms. The second kappa shape index (κ2) is 9.48. The first-order valence-electron chi connectivity index (χ1n) is 11.4. The van der Waals surface area contributed by atoms with Gasteiger partial charge >= 0.3 is 6.01 Å². The van der Waals surface area contributed by atoms with Gasteiger partial charge in [-0.3, -0.25) is 9.69 Å². The summed E-state index contributed by atoms with van der Waals surface area (Å²) in [6.07, 6.45) is 1.65. The van der Waals surface area contributed by atoms with Crippen molar-refractivity contribution in [2.45, 2.75) is 26.4 Å². The van der Waals surface area contributed by atoms with E-state index in [2.05, 4.69) is 14.5 Å². The van der Waals surface area contributed by atoms with Gasteiger partial charge in [0.05, 0.1) is 36.7 Å². The van der Waals surface area contributed by atoms with Crippen molar-refractivity contribution in [2.24, 2.45) is 0 Å². The predicted molar refractivity (Wildman–Crippen MR) is 141 cm³/mol. The van der Waals surface area contributed by atoms with Crippen LogP contribution in [0.1, 0.15) is 40.1 Å². The van der Waals surface area contributed by atoms with Gasteiger partial charge in [0.2, 0.25) is 5.88 Å². The predicted octanol–water partition coefficient (Wildman–Crippen LogP) is 6.35. The number of carbonyl (C=O) groups is 1. The zero-order chi connectivity index (χ0) is 25.6. The van der Waals surface area contributed by atoms with E-state index in [1.54, 1.807) is 13.3 Å². The number of carbonyl (C=O) groups excluding carboxylic acids is 1. The van der Waals surface area contributed by atoms with Crippen LogP contribution < -0.4 is 14.4 Å². The highest BCUT2D eigenvalue weighted by Crippen LogP contribution is 2.47. The third-order valence-corrected chi connectivity index (χ3v) is 6.91. The van der Waals surface area contributed by atoms with Gasteiger partial charge in [0, 0.05) is 28.5 Å². The molecule has 0 N–H and O–H groups in total. The molecule has 7 nitrogen and oxygen atoms in total. The molecule has 1 aliphatic rings. The first-order chi connectivity index (χ1) is 17.4. The summed E-state index contributed by atoms with van der Waals surface area (Å²) in [5.74, 6) is 0.253. The number of hydrogen-bond donors (Lipinski definition) is 0. The molecule has 0 saturated heterocycles. The Morgan fingerprint density at radius 1 is 0.972 bits per heavy atom. The van der Waals surface area contributed by atoms with E-state index in [1.165, 1.54) is 7.11 Å². The first kappa shape index (κ1) is 24.2. The van der Waals surface area contributed by atoms with Gasteiger partial charge in [-0.2, -0.15) is 4.98 Å². The highest BCUT2D eigenvalue weighted by molar-refractivity contribution is 6.31. The normalized spacial score (nSPS) is 14.8. The fraction of sp³-hybridized carbons (Fsp3) is 0.222. The Morgan fingerprint density at radius 3 is 2.36 bits per heavy atom. The number of halogens is 2. The van der Waals surface area contributed by atoms with Gasteiger partial charge < -0.3 is 14.0 Å². The Kier molecular flexibility index (Phi) is 6.36. The van der Waals surface area contributed by atoms with Crippen LogP contribution in [-0.2, 0) is 6.54 Å². The van der Waals surface area contributed by atoms with Crippen LogP contribution in [0, 0.1) is 6.92 Å². The number of rotatable bonds is 6. The molecular weight excluding hydrogens is 499 g/mol. The molecule has 1 unspecified atom stereocenters. The molecule has 2 aromatic carbocycles. The second-order valence-corrected chi connectivity index (χ2v) is 9.29. The minimum Gasteiger partial charge on any atom is -0.480 e. The lowest BCUT2D eigenvalue weighted by Gasteiger charge is -2.29. The number of anilines is 1. The standard InChI is InChI=1S/C27H24Cl2N4O3/c1-5-32-22(20-14-30-27(36-4)31-25(20)35-3)13-19-24(32)23(16-7-10-17(28)11-8-16)33(26(19)34)21-12-18(29)9-6-15(21)2/h6-14,23H,5H2,1-4H3. The molecule has 9 heteroatoms. The SMILES string of the molecule is CCn1c(-c2cnc(OC)nc2OC)cc2c1C(c1ccc(Cl)cc1)N(c1cc(Cl)ccc1C)C2=O. The summed E-state index contributed by atoms with van der Waals surface area (Å²) in [5.41, 5.74) is 5.58. The van der Waals surface area contributed by atoms with Gasteiger partial charge in [-0.05, 0) is 55.3 Å². The monoisotopic (exact) mass is 522 g/mol. The summed E-state index contributed by atoms with van der Waals surface area (Å²) < 4.78 is 12.8. The molecule has 0 fully saturated rings. The van der Waals surface area contributed by atoms with E-state index in [0.717, 1.165) is 28.2 Å². The Labute approximate surface area is 219 Å². The smallest absolute Gasteiger partial charge is 0.319 e. The highest BCUT2D eigenvalue weighted by atomic mass is 35.5. The van der Waals surface area contributed by atoms with Gasteiger partial charge in [0.15, 0.2) is 0 Å². The summed E-state index contributed by atoms with van der Waals surface area (Å²) >= 11 is 12.6. The third-order valence-electron chi connectivity index (χ3n) is 6.42. The number of ether oxygens (including phenoxy) is 2. The fourth-order valence-electron chi connectivity index (χ4n) is 4.79. The first-order valence-corrected chi connectivity index (χ1v) is 12.2. The number of nitrogens with zero attached hydrogens (tertiary/aromatic N) is 4. The molecule has 0 bridgehead atoms. The molecule has 0 aliphatic carbocycles. The lowest BCUT2D eigenvalue weighted by atomic mass is 10.0. The van der Waals surface area contributed by atoms with Crippen molar-refractivity contribution in [3.05, 3.63) is 87.2 Å². The lowest BCUT2D eigenvalue weighted by molar-refractivity contribution is 0.0993. The minimum atomic E-state index is -0.388. The average molecular weight is 523 g/mol. The van der Waals surface area contributed by atoms with Crippen molar-refractivity contribution in [1.82, 2.24) is 14.5 Å². The van der Waals surface area contributed by atoms with Crippen LogP contribution in [0.4, 0.5) is 5.69 Å².